The summed E-state index contributed by atoms with van der Waals surface area (Å²) in [7, 11) is -1.74. The van der Waals surface area contributed by atoms with Crippen molar-refractivity contribution in [1.82, 2.24) is 10.3 Å². The first-order chi connectivity index (χ1) is 17.6. The van der Waals surface area contributed by atoms with Crippen LogP contribution in [0.1, 0.15) is 25.3 Å². The largest absolute Gasteiger partial charge is 0.490 e. The molecule has 3 aliphatic rings. The highest BCUT2D eigenvalue weighted by Gasteiger charge is 2.45. The predicted molar refractivity (Wildman–Crippen MR) is 135 cm³/mol. The number of amidine groups is 1. The molecule has 204 valence electrons. The Kier molecular flexibility index (Phi) is 7.08. The molecule has 0 unspecified atom stereocenters. The quantitative estimate of drug-likeness (QED) is 0.564. The summed E-state index contributed by atoms with van der Waals surface area (Å²) in [6, 6.07) is 5.62. The van der Waals surface area contributed by atoms with Crippen molar-refractivity contribution in [3.8, 4) is 11.1 Å². The van der Waals surface area contributed by atoms with E-state index in [9.17, 15) is 26.4 Å². The zero-order valence-electron chi connectivity index (χ0n) is 20.2. The number of nitrogens with zero attached hydrogens (tertiary/aromatic N) is 4. The number of nitrogens with one attached hydrogen (secondary N) is 1. The summed E-state index contributed by atoms with van der Waals surface area (Å²) >= 11 is 6.59. The molecule has 2 aromatic rings. The van der Waals surface area contributed by atoms with Gasteiger partial charge in [-0.1, -0.05) is 17.7 Å². The summed E-state index contributed by atoms with van der Waals surface area (Å²) in [6.07, 6.45) is -0.519. The number of aromatic nitrogens is 1. The van der Waals surface area contributed by atoms with E-state index in [0.29, 0.717) is 42.5 Å². The molecule has 0 bridgehead atoms. The van der Waals surface area contributed by atoms with Crippen LogP contribution in [0.3, 0.4) is 0 Å². The molecular weight excluding hydrogens is 551 g/mol. The molecule has 0 radical (unpaired) electrons. The fourth-order valence-corrected chi connectivity index (χ4v) is 6.27. The molecule has 0 aliphatic carbocycles. The van der Waals surface area contributed by atoms with Crippen LogP contribution in [0.2, 0.25) is 5.02 Å². The van der Waals surface area contributed by atoms with Gasteiger partial charge >= 0.3 is 12.1 Å². The second kappa shape index (κ2) is 9.73. The zero-order chi connectivity index (χ0) is 28.0. The number of pyridine rings is 1. The first-order valence-electron chi connectivity index (χ1n) is 11.3. The molecule has 1 saturated heterocycles. The average Bonchev–Trinajstić information content (AvgIpc) is 3.23. The second-order valence-corrected chi connectivity index (χ2v) is 11.5. The Morgan fingerprint density at radius 3 is 2.39 bits per heavy atom. The number of benzene rings is 1. The molecule has 10 nitrogen and oxygen atoms in total. The van der Waals surface area contributed by atoms with Gasteiger partial charge in [-0.05, 0) is 43.0 Å². The van der Waals surface area contributed by atoms with Crippen molar-refractivity contribution in [1.29, 1.82) is 0 Å². The number of carbonyl (C=O) groups is 2. The number of hydrogen-bond acceptors (Lipinski definition) is 7. The fourth-order valence-electron chi connectivity index (χ4n) is 4.70. The van der Waals surface area contributed by atoms with Gasteiger partial charge in [-0.3, -0.25) is 19.1 Å². The van der Waals surface area contributed by atoms with Crippen molar-refractivity contribution >= 4 is 50.7 Å². The SMILES string of the molecule is CC1=NC2(CCN(c3c(Cl)cncc3-c3ccc4c(c3)CS(=O)(=O)N4C)CC2)C(=O)N1.O=C(O)C(F)(F)F. The Balaban J connectivity index is 0.000000426. The Morgan fingerprint density at radius 2 is 1.84 bits per heavy atom. The Bertz CT molecular complexity index is 1440. The van der Waals surface area contributed by atoms with E-state index in [-0.39, 0.29) is 11.7 Å². The summed E-state index contributed by atoms with van der Waals surface area (Å²) in [5.74, 6) is -2.14. The number of carboxylic acid groups (broad SMARTS) is 1. The van der Waals surface area contributed by atoms with Crippen LogP contribution in [0.25, 0.3) is 11.1 Å². The van der Waals surface area contributed by atoms with Crippen LogP contribution in [-0.4, -0.2) is 68.1 Å². The number of aliphatic imine (C=N–C) groups is 1. The fraction of sp³-hybridized carbons (Fsp3) is 0.391. The number of alkyl halides is 3. The molecule has 1 spiro atoms. The standard InChI is InChI=1S/C21H22ClN5O3S.C2HF3O2/c1-13-24-20(28)21(25-13)5-7-27(8-6-21)19-16(10-23-11-17(19)22)14-3-4-18-15(9-14)12-31(29,30)26(18)2;3-2(4,5)1(6)7/h3-4,9-11H,5-8,12H2,1-2H3,(H,24,25,28);(H,6,7). The van der Waals surface area contributed by atoms with Gasteiger partial charge in [0.2, 0.25) is 10.0 Å². The molecule has 2 N–H and O–H groups in total. The van der Waals surface area contributed by atoms with Crippen LogP contribution in [0.15, 0.2) is 35.6 Å². The van der Waals surface area contributed by atoms with Gasteiger partial charge in [-0.25, -0.2) is 13.2 Å². The molecule has 15 heteroatoms. The number of carboxylic acids is 1. The van der Waals surface area contributed by atoms with Gasteiger partial charge < -0.3 is 15.3 Å². The first-order valence-corrected chi connectivity index (χ1v) is 13.3. The molecule has 5 rings (SSSR count). The topological polar surface area (TPSA) is 132 Å². The Hall–Kier alpha value is -3.39. The first kappa shape index (κ1) is 27.6. The van der Waals surface area contributed by atoms with Crippen molar-refractivity contribution in [3.05, 3.63) is 41.2 Å². The van der Waals surface area contributed by atoms with E-state index in [2.05, 4.69) is 20.2 Å². The molecule has 1 fully saturated rings. The number of rotatable bonds is 2. The molecule has 3 aliphatic heterocycles. The molecule has 1 aromatic heterocycles. The lowest BCUT2D eigenvalue weighted by molar-refractivity contribution is -0.192. The van der Waals surface area contributed by atoms with Crippen LogP contribution >= 0.6 is 11.6 Å². The van der Waals surface area contributed by atoms with Crippen LogP contribution < -0.4 is 14.5 Å². The van der Waals surface area contributed by atoms with Crippen LogP contribution in [0.4, 0.5) is 24.5 Å². The van der Waals surface area contributed by atoms with Crippen LogP contribution in [0, 0.1) is 0 Å². The van der Waals surface area contributed by atoms with Gasteiger partial charge in [0, 0.05) is 38.1 Å². The van der Waals surface area contributed by atoms with E-state index in [0.717, 1.165) is 22.4 Å². The monoisotopic (exact) mass is 573 g/mol. The summed E-state index contributed by atoms with van der Waals surface area (Å²) in [4.78, 5) is 32.3. The van der Waals surface area contributed by atoms with E-state index in [1.807, 2.05) is 25.1 Å². The van der Waals surface area contributed by atoms with E-state index in [1.54, 1.807) is 19.4 Å². The maximum absolute atomic E-state index is 12.4. The third-order valence-electron chi connectivity index (χ3n) is 6.61. The number of fused-ring (bicyclic) bond motifs is 1. The average molecular weight is 574 g/mol. The number of hydrogen-bond donors (Lipinski definition) is 2. The third kappa shape index (κ3) is 5.14. The van der Waals surface area contributed by atoms with E-state index < -0.39 is 27.7 Å². The minimum Gasteiger partial charge on any atom is -0.475 e. The maximum Gasteiger partial charge on any atom is 0.490 e. The molecule has 1 amide bonds. The van der Waals surface area contributed by atoms with Crippen molar-refractivity contribution < 1.29 is 36.3 Å². The molecule has 0 saturated carbocycles. The van der Waals surface area contributed by atoms with Crippen LogP contribution in [-0.2, 0) is 25.4 Å². The van der Waals surface area contributed by atoms with Gasteiger partial charge in [0.05, 0.1) is 22.2 Å². The number of carbonyl (C=O) groups excluding carboxylic acids is 1. The van der Waals surface area contributed by atoms with Crippen LogP contribution in [0.5, 0.6) is 0 Å². The molecule has 1 aromatic carbocycles. The summed E-state index contributed by atoms with van der Waals surface area (Å²) in [5.41, 5.74) is 3.32. The minimum absolute atomic E-state index is 0.0191. The Labute approximate surface area is 221 Å². The van der Waals surface area contributed by atoms with Gasteiger partial charge in [-0.15, -0.1) is 0 Å². The van der Waals surface area contributed by atoms with E-state index in [4.69, 9.17) is 21.5 Å². The zero-order valence-corrected chi connectivity index (χ0v) is 21.8. The second-order valence-electron chi connectivity index (χ2n) is 9.06. The summed E-state index contributed by atoms with van der Waals surface area (Å²) < 4.78 is 57.6. The number of aliphatic carboxylic acids is 1. The van der Waals surface area contributed by atoms with Gasteiger partial charge in [0.15, 0.2) is 0 Å². The van der Waals surface area contributed by atoms with Gasteiger partial charge in [0.25, 0.3) is 5.91 Å². The Morgan fingerprint density at radius 1 is 1.21 bits per heavy atom. The van der Waals surface area contributed by atoms with Crippen molar-refractivity contribution in [2.75, 3.05) is 29.3 Å². The maximum atomic E-state index is 12.4. The highest BCUT2D eigenvalue weighted by atomic mass is 35.5. The summed E-state index contributed by atoms with van der Waals surface area (Å²) in [6.45, 7) is 3.06. The predicted octanol–water partition coefficient (Wildman–Crippen LogP) is 3.20. The normalized spacial score (nSPS) is 19.4. The number of amides is 1. The molecular formula is C23H23ClF3N5O5S. The lowest BCUT2D eigenvalue weighted by Crippen LogP contribution is -2.49. The van der Waals surface area contributed by atoms with Crippen molar-refractivity contribution in [3.63, 3.8) is 0 Å². The lowest BCUT2D eigenvalue weighted by atomic mass is 9.87. The smallest absolute Gasteiger partial charge is 0.475 e. The summed E-state index contributed by atoms with van der Waals surface area (Å²) in [5, 5.41) is 10.5. The molecule has 38 heavy (non-hydrogen) atoms. The van der Waals surface area contributed by atoms with Crippen molar-refractivity contribution in [2.24, 2.45) is 4.99 Å². The number of sulfonamides is 1. The third-order valence-corrected chi connectivity index (χ3v) is 8.59. The molecule has 4 heterocycles. The van der Waals surface area contributed by atoms with Gasteiger partial charge in [-0.2, -0.15) is 13.2 Å². The molecule has 0 atom stereocenters. The van der Waals surface area contributed by atoms with Gasteiger partial charge in [0.1, 0.15) is 11.4 Å². The van der Waals surface area contributed by atoms with Crippen molar-refractivity contribution in [2.45, 2.75) is 37.2 Å². The minimum atomic E-state index is -5.08. The number of halogens is 4. The number of piperidine rings is 1. The lowest BCUT2D eigenvalue weighted by Gasteiger charge is -2.38. The highest BCUT2D eigenvalue weighted by Crippen LogP contribution is 2.42. The highest BCUT2D eigenvalue weighted by molar-refractivity contribution is 7.92. The van der Waals surface area contributed by atoms with E-state index in [1.165, 1.54) is 4.31 Å². The number of anilines is 2. The van der Waals surface area contributed by atoms with E-state index >= 15 is 0 Å².